The van der Waals surface area contributed by atoms with Gasteiger partial charge in [-0.25, -0.2) is 0 Å². The number of aliphatic carboxylic acids is 1. The summed E-state index contributed by atoms with van der Waals surface area (Å²) in [7, 11) is 0. The first-order chi connectivity index (χ1) is 14.0. The largest absolute Gasteiger partial charge is 0.481 e. The van der Waals surface area contributed by atoms with Gasteiger partial charge in [0.2, 0.25) is 0 Å². The molecule has 5 atom stereocenters. The highest BCUT2D eigenvalue weighted by atomic mass is 16.7. The molecule has 0 aromatic heterocycles. The number of carbonyl (C=O) groups is 5. The van der Waals surface area contributed by atoms with Gasteiger partial charge in [0.05, 0.1) is 25.6 Å². The van der Waals surface area contributed by atoms with Crippen molar-refractivity contribution in [3.63, 3.8) is 0 Å². The van der Waals surface area contributed by atoms with E-state index >= 15 is 0 Å². The molecule has 170 valence electrons. The number of carboxylic acid groups (broad SMARTS) is 1. The van der Waals surface area contributed by atoms with Crippen LogP contribution in [0, 0.1) is 0 Å². The number of rotatable bonds is 10. The van der Waals surface area contributed by atoms with Crippen molar-refractivity contribution in [1.29, 1.82) is 0 Å². The molecule has 1 heterocycles. The Morgan fingerprint density at radius 3 is 1.87 bits per heavy atom. The zero-order chi connectivity index (χ0) is 22.8. The van der Waals surface area contributed by atoms with Crippen molar-refractivity contribution < 1.29 is 57.5 Å². The van der Waals surface area contributed by atoms with Crippen molar-refractivity contribution in [2.45, 2.75) is 71.2 Å². The Labute approximate surface area is 172 Å². The Bertz CT molecular complexity index is 645. The van der Waals surface area contributed by atoms with E-state index < -0.39 is 60.6 Å². The fraction of sp³-hybridized carbons (Fsp3) is 0.722. The number of carbonyl (C=O) groups excluding carboxylic acids is 4. The smallest absolute Gasteiger partial charge is 0.308 e. The molecule has 30 heavy (non-hydrogen) atoms. The second kappa shape index (κ2) is 12.1. The van der Waals surface area contributed by atoms with Crippen molar-refractivity contribution in [2.75, 3.05) is 13.2 Å². The molecule has 0 aliphatic carbocycles. The molecule has 0 saturated carbocycles. The van der Waals surface area contributed by atoms with Gasteiger partial charge in [-0.1, -0.05) is 0 Å². The zero-order valence-corrected chi connectivity index (χ0v) is 17.2. The molecule has 0 bridgehead atoms. The van der Waals surface area contributed by atoms with Gasteiger partial charge < -0.3 is 33.5 Å². The minimum atomic E-state index is -1.27. The second-order valence-electron chi connectivity index (χ2n) is 6.42. The predicted octanol–water partition coefficient (Wildman–Crippen LogP) is -0.0491. The average Bonchev–Trinajstić information content (AvgIpc) is 2.59. The molecule has 0 aromatic carbocycles. The van der Waals surface area contributed by atoms with E-state index in [0.717, 1.165) is 20.8 Å². The fourth-order valence-corrected chi connectivity index (χ4v) is 2.69. The van der Waals surface area contributed by atoms with E-state index in [1.165, 1.54) is 0 Å². The zero-order valence-electron chi connectivity index (χ0n) is 17.2. The van der Waals surface area contributed by atoms with E-state index in [1.807, 2.05) is 0 Å². The van der Waals surface area contributed by atoms with Crippen molar-refractivity contribution in [2.24, 2.45) is 0 Å². The van der Waals surface area contributed by atoms with Crippen molar-refractivity contribution in [1.82, 2.24) is 0 Å². The summed E-state index contributed by atoms with van der Waals surface area (Å²) in [5, 5.41) is 8.52. The Hall–Kier alpha value is -2.73. The number of ether oxygens (including phenoxy) is 6. The summed E-state index contributed by atoms with van der Waals surface area (Å²) in [6.07, 6.45) is -6.11. The lowest BCUT2D eigenvalue weighted by molar-refractivity contribution is -0.300. The molecule has 1 fully saturated rings. The quantitative estimate of drug-likeness (QED) is 0.361. The average molecular weight is 434 g/mol. The molecule has 0 spiro atoms. The highest BCUT2D eigenvalue weighted by Gasteiger charge is 2.50. The van der Waals surface area contributed by atoms with Crippen LogP contribution in [0.15, 0.2) is 0 Å². The van der Waals surface area contributed by atoms with Crippen LogP contribution < -0.4 is 0 Å². The predicted molar refractivity (Wildman–Crippen MR) is 94.8 cm³/mol. The fourth-order valence-electron chi connectivity index (χ4n) is 2.69. The highest BCUT2D eigenvalue weighted by molar-refractivity contribution is 5.71. The number of esters is 4. The first-order valence-electron chi connectivity index (χ1n) is 9.17. The monoisotopic (exact) mass is 434 g/mol. The van der Waals surface area contributed by atoms with Gasteiger partial charge in [0.15, 0.2) is 24.6 Å². The Morgan fingerprint density at radius 1 is 0.800 bits per heavy atom. The van der Waals surface area contributed by atoms with Crippen LogP contribution in [0.2, 0.25) is 0 Å². The molecule has 1 aliphatic heterocycles. The summed E-state index contributed by atoms with van der Waals surface area (Å²) >= 11 is 0. The Balaban J connectivity index is 2.83. The number of carboxylic acids is 1. The topological polar surface area (TPSA) is 161 Å². The third-order valence-electron chi connectivity index (χ3n) is 3.80. The SMILES string of the molecule is CC(=O)OC1[C@H](OCCC(=O)OCCC(=O)O)OC(C)[C@H](OC(C)=O)[C@@H]1OC(C)=O. The lowest BCUT2D eigenvalue weighted by atomic mass is 9.99. The molecule has 12 nitrogen and oxygen atoms in total. The van der Waals surface area contributed by atoms with Gasteiger partial charge in [0.1, 0.15) is 6.61 Å². The molecule has 2 unspecified atom stereocenters. The van der Waals surface area contributed by atoms with Crippen LogP contribution in [0.4, 0.5) is 0 Å². The molecular formula is C18H26O12. The minimum absolute atomic E-state index is 0.216. The van der Waals surface area contributed by atoms with Crippen LogP contribution in [-0.4, -0.2) is 78.9 Å². The van der Waals surface area contributed by atoms with E-state index in [2.05, 4.69) is 0 Å². The van der Waals surface area contributed by atoms with Crippen LogP contribution in [-0.2, 0) is 52.4 Å². The van der Waals surface area contributed by atoms with E-state index in [4.69, 9.17) is 33.5 Å². The summed E-state index contributed by atoms with van der Waals surface area (Å²) in [5.74, 6) is -3.88. The molecule has 1 saturated heterocycles. The van der Waals surface area contributed by atoms with E-state index in [9.17, 15) is 24.0 Å². The van der Waals surface area contributed by atoms with Gasteiger partial charge >= 0.3 is 29.8 Å². The van der Waals surface area contributed by atoms with Crippen LogP contribution >= 0.6 is 0 Å². The summed E-state index contributed by atoms with van der Waals surface area (Å²) in [6.45, 7) is 4.48. The summed E-state index contributed by atoms with van der Waals surface area (Å²) in [4.78, 5) is 56.6. The first-order valence-corrected chi connectivity index (χ1v) is 9.17. The standard InChI is InChI=1S/C18H26O12/c1-9-15(28-10(2)19)16(29-11(3)20)17(30-12(4)21)18(27-9)26-8-6-14(24)25-7-5-13(22)23/h9,15-18H,5-8H2,1-4H3,(H,22,23)/t9?,15-,16-,17?,18+/m0/s1. The number of hydrogen-bond donors (Lipinski definition) is 1. The van der Waals surface area contributed by atoms with Gasteiger partial charge in [-0.05, 0) is 6.92 Å². The normalized spacial score (nSPS) is 25.7. The van der Waals surface area contributed by atoms with Crippen molar-refractivity contribution >= 4 is 29.8 Å². The first kappa shape index (κ1) is 25.3. The summed E-state index contributed by atoms with van der Waals surface area (Å²) in [6, 6.07) is 0. The maximum atomic E-state index is 11.6. The van der Waals surface area contributed by atoms with Gasteiger partial charge in [-0.3, -0.25) is 24.0 Å². The summed E-state index contributed by atoms with van der Waals surface area (Å²) < 4.78 is 31.4. The second-order valence-corrected chi connectivity index (χ2v) is 6.42. The molecule has 12 heteroatoms. The van der Waals surface area contributed by atoms with Gasteiger partial charge in [0, 0.05) is 20.8 Å². The minimum Gasteiger partial charge on any atom is -0.481 e. The van der Waals surface area contributed by atoms with Crippen molar-refractivity contribution in [3.05, 3.63) is 0 Å². The molecule has 0 amide bonds. The highest BCUT2D eigenvalue weighted by Crippen LogP contribution is 2.29. The summed E-state index contributed by atoms with van der Waals surface area (Å²) in [5.41, 5.74) is 0. The van der Waals surface area contributed by atoms with E-state index in [-0.39, 0.29) is 26.1 Å². The molecule has 1 N–H and O–H groups in total. The maximum Gasteiger partial charge on any atom is 0.308 e. The maximum absolute atomic E-state index is 11.6. The Morgan fingerprint density at radius 2 is 1.33 bits per heavy atom. The lowest BCUT2D eigenvalue weighted by Gasteiger charge is -2.43. The van der Waals surface area contributed by atoms with Gasteiger partial charge in [-0.15, -0.1) is 0 Å². The number of hydrogen-bond acceptors (Lipinski definition) is 11. The van der Waals surface area contributed by atoms with Crippen LogP contribution in [0.25, 0.3) is 0 Å². The van der Waals surface area contributed by atoms with Gasteiger partial charge in [-0.2, -0.15) is 0 Å². The van der Waals surface area contributed by atoms with E-state index in [1.54, 1.807) is 6.92 Å². The molecule has 0 radical (unpaired) electrons. The van der Waals surface area contributed by atoms with E-state index in [0.29, 0.717) is 0 Å². The van der Waals surface area contributed by atoms with Crippen LogP contribution in [0.1, 0.15) is 40.5 Å². The van der Waals surface area contributed by atoms with Crippen LogP contribution in [0.5, 0.6) is 0 Å². The third-order valence-corrected chi connectivity index (χ3v) is 3.80. The van der Waals surface area contributed by atoms with Gasteiger partial charge in [0.25, 0.3) is 0 Å². The molecular weight excluding hydrogens is 408 g/mol. The van der Waals surface area contributed by atoms with Crippen molar-refractivity contribution in [3.8, 4) is 0 Å². The molecule has 1 rings (SSSR count). The lowest BCUT2D eigenvalue weighted by Crippen LogP contribution is -2.61. The van der Waals surface area contributed by atoms with Crippen LogP contribution in [0.3, 0.4) is 0 Å². The Kier molecular flexibility index (Phi) is 10.2. The molecule has 1 aliphatic rings. The third kappa shape index (κ3) is 8.74. The molecule has 0 aromatic rings.